The van der Waals surface area contributed by atoms with Crippen LogP contribution in [-0.4, -0.2) is 55.2 Å². The number of hydrogen-bond donors (Lipinski definition) is 0. The van der Waals surface area contributed by atoms with Gasteiger partial charge in [0.05, 0.1) is 15.5 Å². The molecule has 5 aromatic carbocycles. The van der Waals surface area contributed by atoms with E-state index in [4.69, 9.17) is 11.2 Å². The number of hydrogen-bond acceptors (Lipinski definition) is 6. The number of benzene rings is 5. The first kappa shape index (κ1) is 89.1. The summed E-state index contributed by atoms with van der Waals surface area (Å²) < 4.78 is 44.6. The molecule has 8 rings (SSSR count). The SMILES string of the molecule is C#CC#CC#CC#CC#CC#CC#CC#CC#CC#CC#CC#CC#CC#CC#CC#CC#CC#CC#CC.CCCCCCN(CCCCCC)c1ccc(OC2=C(/C=C/C3=[N+](CCCCS(=O)(=O)[O-])c4ccc5ccccc5c4C3(C)C)CCC/C2=C\C=C2\N(CCCCC)c3ccc4ccccc4c3C2(C)C)cc1.[Na+]. The zero-order chi connectivity index (χ0) is 79.8. The third kappa shape index (κ3) is 29.5. The molecule has 0 unspecified atom stereocenters. The fourth-order valence-electron chi connectivity index (χ4n) is 13.1. The number of terminal acetylenes is 1. The number of unbranched alkanes of at least 4 members (excludes halogenated alkanes) is 9. The molecule has 3 aliphatic rings. The van der Waals surface area contributed by atoms with Gasteiger partial charge in [0.25, 0.3) is 0 Å². The molecule has 0 radical (unpaired) electrons. The summed E-state index contributed by atoms with van der Waals surface area (Å²) in [6.45, 7) is 21.7. The molecule has 2 heterocycles. The van der Waals surface area contributed by atoms with Gasteiger partial charge in [-0.1, -0.05) is 153 Å². The monoisotopic (exact) mass is 1500 g/mol. The van der Waals surface area contributed by atoms with Gasteiger partial charge in [-0.2, -0.15) is 4.58 Å². The first-order chi connectivity index (χ1) is 54.7. The van der Waals surface area contributed by atoms with Gasteiger partial charge in [0, 0.05) is 190 Å². The molecule has 0 bridgehead atoms. The molecule has 0 amide bonds. The van der Waals surface area contributed by atoms with Gasteiger partial charge in [-0.25, -0.2) is 8.42 Å². The van der Waals surface area contributed by atoms with Crippen LogP contribution < -0.4 is 44.1 Å². The Hall–Kier alpha value is -12.8. The van der Waals surface area contributed by atoms with Crippen LogP contribution in [0.25, 0.3) is 21.5 Å². The maximum atomic E-state index is 11.7. The molecular weight excluding hydrogens is 1410 g/mol. The van der Waals surface area contributed by atoms with E-state index in [1.807, 2.05) is 0 Å². The van der Waals surface area contributed by atoms with E-state index >= 15 is 0 Å². The van der Waals surface area contributed by atoms with Crippen LogP contribution in [0.2, 0.25) is 0 Å². The van der Waals surface area contributed by atoms with Gasteiger partial charge in [-0.15, -0.1) is 6.42 Å². The third-order valence-corrected chi connectivity index (χ3v) is 19.0. The van der Waals surface area contributed by atoms with Gasteiger partial charge in [0.15, 0.2) is 5.71 Å². The maximum Gasteiger partial charge on any atom is 1.00 e. The van der Waals surface area contributed by atoms with Crippen molar-refractivity contribution in [3.63, 3.8) is 0 Å². The van der Waals surface area contributed by atoms with Gasteiger partial charge >= 0.3 is 29.6 Å². The van der Waals surface area contributed by atoms with Crippen molar-refractivity contribution in [2.24, 2.45) is 0 Å². The molecule has 0 fully saturated rings. The van der Waals surface area contributed by atoms with Crippen molar-refractivity contribution < 1.29 is 51.8 Å². The van der Waals surface area contributed by atoms with Crippen molar-refractivity contribution in [1.82, 2.24) is 0 Å². The Kier molecular flexibility index (Phi) is 39.5. The van der Waals surface area contributed by atoms with E-state index in [1.165, 1.54) is 120 Å². The van der Waals surface area contributed by atoms with E-state index in [2.05, 4.69) is 403 Å². The minimum Gasteiger partial charge on any atom is -0.748 e. The number of ether oxygens (including phenoxy) is 1. The Morgan fingerprint density at radius 2 is 0.947 bits per heavy atom. The van der Waals surface area contributed by atoms with Gasteiger partial charge in [-0.05, 0) is 247 Å². The van der Waals surface area contributed by atoms with Gasteiger partial charge < -0.3 is 19.1 Å². The molecule has 548 valence electrons. The standard InChI is InChI=1S/C65H83N3O4S.C39H4.Na/c1-8-11-14-21-44-66(45-22-15-12-9-2)53-36-38-54(39-37-53)72-63-51(34-42-59-64(4,5)61-55-30-18-16-26-49(55)32-40-57(61)67(59)46-20-13-10-3)28-25-29-52(63)35-43-60-65(6,7)62-56-31-19-17-27-50(56)33-41-58(62)68(60)47-23-24-48-73(69,70)71;1-3-5-7-9-11-13-15-17-19-21-23-25-27-29-31-33-35-37-39-38-36-34-32-30-28-26-24-22-20-18-16-14-12-10-8-6-4-2;/h16-19,26-27,30-43H,8-15,20-25,28-29,44-48H2,1-7H3;1H,2H3;/q;;+1. The Bertz CT molecular complexity index is 5950. The number of nitrogens with zero attached hydrogens (tertiary/aromatic N) is 3. The molecular formula is C104H87N3NaO4S+. The first-order valence-electron chi connectivity index (χ1n) is 37.8. The molecule has 5 aromatic rings. The van der Waals surface area contributed by atoms with Gasteiger partial charge in [0.1, 0.15) is 18.1 Å². The van der Waals surface area contributed by atoms with Crippen LogP contribution in [0, 0.1) is 225 Å². The van der Waals surface area contributed by atoms with Crippen LogP contribution >= 0.6 is 0 Å². The summed E-state index contributed by atoms with van der Waals surface area (Å²) in [4.78, 5) is 5.18. The Balaban J connectivity index is 0.000000424. The minimum absolute atomic E-state index is 0. The smallest absolute Gasteiger partial charge is 0.748 e. The second-order valence-corrected chi connectivity index (χ2v) is 28.3. The number of rotatable bonds is 25. The topological polar surface area (TPSA) is 75.9 Å². The average molecular weight is 1500 g/mol. The van der Waals surface area contributed by atoms with Crippen LogP contribution in [-0.2, 0) is 20.9 Å². The zero-order valence-corrected chi connectivity index (χ0v) is 69.2. The van der Waals surface area contributed by atoms with Crippen molar-refractivity contribution in [3.8, 4) is 231 Å². The van der Waals surface area contributed by atoms with Crippen molar-refractivity contribution in [1.29, 1.82) is 0 Å². The summed E-state index contributed by atoms with van der Waals surface area (Å²) in [5.41, 5.74) is 10.6. The Labute approximate surface area is 697 Å². The predicted molar refractivity (Wildman–Crippen MR) is 463 cm³/mol. The molecule has 0 N–H and O–H groups in total. The van der Waals surface area contributed by atoms with Crippen molar-refractivity contribution >= 4 is 54.4 Å². The average Bonchev–Trinajstić information content (AvgIpc) is 1.58. The Morgan fingerprint density at radius 1 is 0.496 bits per heavy atom. The van der Waals surface area contributed by atoms with E-state index in [9.17, 15) is 13.0 Å². The molecule has 1 aliphatic carbocycles. The molecule has 9 heteroatoms. The van der Waals surface area contributed by atoms with E-state index in [1.54, 1.807) is 6.92 Å². The second kappa shape index (κ2) is 50.1. The number of fused-ring (bicyclic) bond motifs is 6. The molecule has 0 saturated carbocycles. The molecule has 113 heavy (non-hydrogen) atoms. The van der Waals surface area contributed by atoms with Crippen molar-refractivity contribution in [3.05, 3.63) is 155 Å². The maximum absolute atomic E-state index is 11.7. The number of anilines is 2. The summed E-state index contributed by atoms with van der Waals surface area (Å²) in [6, 6.07) is 35.4. The normalized spacial score (nSPS) is 12.7. The van der Waals surface area contributed by atoms with Crippen LogP contribution in [0.3, 0.4) is 0 Å². The fraction of sp³-hybridized carbons (Fsp3) is 0.298. The van der Waals surface area contributed by atoms with E-state index in [0.717, 1.165) is 73.8 Å². The summed E-state index contributed by atoms with van der Waals surface area (Å²) >= 11 is 0. The Morgan fingerprint density at radius 3 is 1.42 bits per heavy atom. The minimum atomic E-state index is -4.30. The summed E-state index contributed by atoms with van der Waals surface area (Å²) in [5.74, 6) is 93.3. The molecule has 0 aromatic heterocycles. The van der Waals surface area contributed by atoms with Gasteiger partial charge in [0.2, 0.25) is 5.69 Å². The predicted octanol–water partition coefficient (Wildman–Crippen LogP) is 14.2. The summed E-state index contributed by atoms with van der Waals surface area (Å²) in [5, 5.41) is 5.02. The molecule has 0 saturated heterocycles. The molecule has 0 atom stereocenters. The molecule has 2 aliphatic heterocycles. The van der Waals surface area contributed by atoms with E-state index in [-0.39, 0.29) is 46.1 Å². The van der Waals surface area contributed by atoms with Crippen LogP contribution in [0.1, 0.15) is 169 Å². The zero-order valence-electron chi connectivity index (χ0n) is 66.4. The van der Waals surface area contributed by atoms with Crippen molar-refractivity contribution in [2.45, 2.75) is 169 Å². The molecule has 0 spiro atoms. The van der Waals surface area contributed by atoms with Crippen LogP contribution in [0.4, 0.5) is 17.1 Å². The van der Waals surface area contributed by atoms with Crippen LogP contribution in [0.5, 0.6) is 5.75 Å². The second-order valence-electron chi connectivity index (χ2n) is 26.7. The summed E-state index contributed by atoms with van der Waals surface area (Å²) in [7, 11) is -4.30. The molecule has 7 nitrogen and oxygen atoms in total. The van der Waals surface area contributed by atoms with E-state index in [0.29, 0.717) is 19.4 Å². The quantitative estimate of drug-likeness (QED) is 0.0191. The number of allylic oxidation sites excluding steroid dienone is 7. The largest absolute Gasteiger partial charge is 1.00 e. The van der Waals surface area contributed by atoms with Gasteiger partial charge in [-0.3, -0.25) is 0 Å². The van der Waals surface area contributed by atoms with Crippen LogP contribution in [0.15, 0.2) is 144 Å². The van der Waals surface area contributed by atoms with E-state index < -0.39 is 10.1 Å². The summed E-state index contributed by atoms with van der Waals surface area (Å²) in [6.07, 6.45) is 31.4. The first-order valence-corrected chi connectivity index (χ1v) is 39.4. The van der Waals surface area contributed by atoms with Crippen molar-refractivity contribution in [2.75, 3.05) is 41.7 Å². The fourth-order valence-corrected chi connectivity index (χ4v) is 13.7. The third-order valence-electron chi connectivity index (χ3n) is 18.2.